The summed E-state index contributed by atoms with van der Waals surface area (Å²) in [5, 5.41) is 3.58. The van der Waals surface area contributed by atoms with Crippen LogP contribution in [-0.2, 0) is 9.59 Å². The molecule has 0 spiro atoms. The van der Waals surface area contributed by atoms with Gasteiger partial charge in [0.15, 0.2) is 6.61 Å². The van der Waals surface area contributed by atoms with Crippen LogP contribution in [0.5, 0.6) is 5.75 Å². The SMILES string of the molecule is CN(CC(=O)NC1CC1)C(=O)COc1ccc(Cl)cc1C1CCCCC1. The molecule has 2 saturated carbocycles. The van der Waals surface area contributed by atoms with Gasteiger partial charge in [-0.15, -0.1) is 0 Å². The van der Waals surface area contributed by atoms with E-state index in [0.717, 1.165) is 37.0 Å². The summed E-state index contributed by atoms with van der Waals surface area (Å²) in [4.78, 5) is 25.5. The smallest absolute Gasteiger partial charge is 0.260 e. The summed E-state index contributed by atoms with van der Waals surface area (Å²) < 4.78 is 5.82. The highest BCUT2D eigenvalue weighted by Gasteiger charge is 2.25. The van der Waals surface area contributed by atoms with E-state index in [-0.39, 0.29) is 25.0 Å². The van der Waals surface area contributed by atoms with E-state index in [9.17, 15) is 9.59 Å². The van der Waals surface area contributed by atoms with Crippen LogP contribution in [0.3, 0.4) is 0 Å². The summed E-state index contributed by atoms with van der Waals surface area (Å²) in [5.41, 5.74) is 1.10. The van der Waals surface area contributed by atoms with Gasteiger partial charge in [-0.2, -0.15) is 0 Å². The first-order valence-electron chi connectivity index (χ1n) is 9.48. The molecule has 26 heavy (non-hydrogen) atoms. The fourth-order valence-corrected chi connectivity index (χ4v) is 3.62. The van der Waals surface area contributed by atoms with Gasteiger partial charge in [-0.1, -0.05) is 30.9 Å². The predicted molar refractivity (Wildman–Crippen MR) is 102 cm³/mol. The zero-order chi connectivity index (χ0) is 18.5. The second-order valence-electron chi connectivity index (χ2n) is 7.40. The van der Waals surface area contributed by atoms with Crippen LogP contribution < -0.4 is 10.1 Å². The summed E-state index contributed by atoms with van der Waals surface area (Å²) in [6.45, 7) is -0.0106. The van der Waals surface area contributed by atoms with Crippen molar-refractivity contribution in [2.75, 3.05) is 20.2 Å². The molecule has 2 amide bonds. The van der Waals surface area contributed by atoms with Gasteiger partial charge in [0.2, 0.25) is 5.91 Å². The Morgan fingerprint density at radius 3 is 2.62 bits per heavy atom. The van der Waals surface area contributed by atoms with E-state index in [1.807, 2.05) is 12.1 Å². The van der Waals surface area contributed by atoms with E-state index in [0.29, 0.717) is 17.0 Å². The molecule has 6 heteroatoms. The average Bonchev–Trinajstić information content (AvgIpc) is 3.44. The second kappa shape index (κ2) is 8.76. The average molecular weight is 379 g/mol. The van der Waals surface area contributed by atoms with Crippen molar-refractivity contribution in [2.24, 2.45) is 0 Å². The molecule has 5 nitrogen and oxygen atoms in total. The van der Waals surface area contributed by atoms with Gasteiger partial charge in [0.25, 0.3) is 5.91 Å². The van der Waals surface area contributed by atoms with Crippen LogP contribution in [0, 0.1) is 0 Å². The molecule has 1 aromatic carbocycles. The highest BCUT2D eigenvalue weighted by Crippen LogP contribution is 2.38. The molecule has 1 N–H and O–H groups in total. The molecule has 0 saturated heterocycles. The third-order valence-corrected chi connectivity index (χ3v) is 5.35. The molecule has 0 radical (unpaired) electrons. The molecule has 2 aliphatic carbocycles. The van der Waals surface area contributed by atoms with Crippen LogP contribution in [0.1, 0.15) is 56.4 Å². The summed E-state index contributed by atoms with van der Waals surface area (Å²) in [7, 11) is 1.63. The number of carbonyl (C=O) groups excluding carboxylic acids is 2. The lowest BCUT2D eigenvalue weighted by Gasteiger charge is -2.25. The van der Waals surface area contributed by atoms with E-state index in [1.165, 1.54) is 24.2 Å². The molecule has 0 heterocycles. The standard InChI is InChI=1S/C20H27ClN2O3/c1-23(12-19(24)22-16-8-9-16)20(25)13-26-18-10-7-15(21)11-17(18)14-5-3-2-4-6-14/h7,10-11,14,16H,2-6,8-9,12-13H2,1H3,(H,22,24). The predicted octanol–water partition coefficient (Wildman–Crippen LogP) is 3.50. The van der Waals surface area contributed by atoms with Crippen molar-refractivity contribution >= 4 is 23.4 Å². The second-order valence-corrected chi connectivity index (χ2v) is 7.83. The van der Waals surface area contributed by atoms with Gasteiger partial charge in [-0.25, -0.2) is 0 Å². The zero-order valence-electron chi connectivity index (χ0n) is 15.3. The molecule has 2 fully saturated rings. The number of carbonyl (C=O) groups is 2. The van der Waals surface area contributed by atoms with Crippen molar-refractivity contribution in [1.29, 1.82) is 0 Å². The first kappa shape index (κ1) is 19.0. The summed E-state index contributed by atoms with van der Waals surface area (Å²) in [5.74, 6) is 0.846. The Morgan fingerprint density at radius 2 is 1.92 bits per heavy atom. The number of benzene rings is 1. The quantitative estimate of drug-likeness (QED) is 0.789. The number of nitrogens with one attached hydrogen (secondary N) is 1. The van der Waals surface area contributed by atoms with Crippen LogP contribution in [0.15, 0.2) is 18.2 Å². The van der Waals surface area contributed by atoms with Crippen molar-refractivity contribution < 1.29 is 14.3 Å². The minimum absolute atomic E-state index is 0.0643. The Bertz CT molecular complexity index is 654. The molecule has 0 aliphatic heterocycles. The summed E-state index contributed by atoms with van der Waals surface area (Å²) in [6.07, 6.45) is 8.04. The fraction of sp³-hybridized carbons (Fsp3) is 0.600. The maximum Gasteiger partial charge on any atom is 0.260 e. The number of hydrogen-bond acceptors (Lipinski definition) is 3. The Morgan fingerprint density at radius 1 is 1.19 bits per heavy atom. The van der Waals surface area contributed by atoms with E-state index in [1.54, 1.807) is 13.1 Å². The molecule has 0 unspecified atom stereocenters. The minimum atomic E-state index is -0.208. The zero-order valence-corrected chi connectivity index (χ0v) is 16.1. The van der Waals surface area contributed by atoms with Gasteiger partial charge in [0, 0.05) is 18.1 Å². The number of rotatable bonds is 7. The molecule has 2 aliphatic rings. The molecular formula is C20H27ClN2O3. The van der Waals surface area contributed by atoms with Gasteiger partial charge in [-0.05, 0) is 55.4 Å². The van der Waals surface area contributed by atoms with Crippen molar-refractivity contribution in [3.63, 3.8) is 0 Å². The summed E-state index contributed by atoms with van der Waals surface area (Å²) in [6, 6.07) is 5.90. The molecular weight excluding hydrogens is 352 g/mol. The van der Waals surface area contributed by atoms with Gasteiger partial charge < -0.3 is 15.0 Å². The Labute approximate surface area is 160 Å². The number of nitrogens with zero attached hydrogens (tertiary/aromatic N) is 1. The molecule has 3 rings (SSSR count). The highest BCUT2D eigenvalue weighted by atomic mass is 35.5. The van der Waals surface area contributed by atoms with Gasteiger partial charge in [-0.3, -0.25) is 9.59 Å². The first-order valence-corrected chi connectivity index (χ1v) is 9.86. The van der Waals surface area contributed by atoms with Crippen molar-refractivity contribution in [3.8, 4) is 5.75 Å². The Hall–Kier alpha value is -1.75. The number of likely N-dealkylation sites (N-methyl/N-ethyl adjacent to an activating group) is 1. The van der Waals surface area contributed by atoms with E-state index < -0.39 is 0 Å². The topological polar surface area (TPSA) is 58.6 Å². The molecule has 1 aromatic rings. The van der Waals surface area contributed by atoms with Crippen molar-refractivity contribution in [3.05, 3.63) is 28.8 Å². The van der Waals surface area contributed by atoms with E-state index >= 15 is 0 Å². The summed E-state index contributed by atoms with van der Waals surface area (Å²) >= 11 is 6.18. The largest absolute Gasteiger partial charge is 0.483 e. The van der Waals surface area contributed by atoms with Gasteiger partial charge >= 0.3 is 0 Å². The molecule has 142 valence electrons. The van der Waals surface area contributed by atoms with Crippen LogP contribution >= 0.6 is 11.6 Å². The minimum Gasteiger partial charge on any atom is -0.483 e. The van der Waals surface area contributed by atoms with E-state index in [4.69, 9.17) is 16.3 Å². The highest BCUT2D eigenvalue weighted by molar-refractivity contribution is 6.30. The number of hydrogen-bond donors (Lipinski definition) is 1. The van der Waals surface area contributed by atoms with Crippen LogP contribution in [-0.4, -0.2) is 43.0 Å². The van der Waals surface area contributed by atoms with Crippen LogP contribution in [0.25, 0.3) is 0 Å². The molecule has 0 atom stereocenters. The third kappa shape index (κ3) is 5.37. The van der Waals surface area contributed by atoms with Gasteiger partial charge in [0.1, 0.15) is 5.75 Å². The first-order chi connectivity index (χ1) is 12.5. The molecule has 0 bridgehead atoms. The Balaban J connectivity index is 1.56. The maximum atomic E-state index is 12.3. The lowest BCUT2D eigenvalue weighted by atomic mass is 9.84. The molecule has 0 aromatic heterocycles. The van der Waals surface area contributed by atoms with E-state index in [2.05, 4.69) is 5.32 Å². The lowest BCUT2D eigenvalue weighted by Crippen LogP contribution is -2.41. The van der Waals surface area contributed by atoms with Crippen molar-refractivity contribution in [2.45, 2.75) is 56.9 Å². The third-order valence-electron chi connectivity index (χ3n) is 5.12. The monoisotopic (exact) mass is 378 g/mol. The van der Waals surface area contributed by atoms with Crippen molar-refractivity contribution in [1.82, 2.24) is 10.2 Å². The fourth-order valence-electron chi connectivity index (χ4n) is 3.44. The normalized spacial score (nSPS) is 17.6. The van der Waals surface area contributed by atoms with Crippen LogP contribution in [0.2, 0.25) is 5.02 Å². The van der Waals surface area contributed by atoms with Gasteiger partial charge in [0.05, 0.1) is 6.54 Å². The Kier molecular flexibility index (Phi) is 6.41. The number of amides is 2. The maximum absolute atomic E-state index is 12.3. The van der Waals surface area contributed by atoms with Crippen LogP contribution in [0.4, 0.5) is 0 Å². The number of ether oxygens (including phenoxy) is 1. The number of halogens is 1. The lowest BCUT2D eigenvalue weighted by molar-refractivity contribution is -0.136.